The van der Waals surface area contributed by atoms with Crippen molar-refractivity contribution < 1.29 is 0 Å². The van der Waals surface area contributed by atoms with Gasteiger partial charge in [0.25, 0.3) is 0 Å². The smallest absolute Gasteiger partial charge is 0.0482 e. The molecule has 0 spiro atoms. The minimum absolute atomic E-state index is 0.763. The van der Waals surface area contributed by atoms with Crippen LogP contribution in [0.25, 0.3) is 0 Å². The zero-order valence-corrected chi connectivity index (χ0v) is 31.1. The lowest BCUT2D eigenvalue weighted by Crippen LogP contribution is -2.10. The molecule has 0 amide bonds. The fraction of sp³-hybridized carbons (Fsp3) is 0.0204. The fourth-order valence-corrected chi connectivity index (χ4v) is 6.22. The van der Waals surface area contributed by atoms with Crippen molar-refractivity contribution in [2.24, 2.45) is 0 Å². The summed E-state index contributed by atoms with van der Waals surface area (Å²) in [7, 11) is 0. The molecule has 8 aromatic carbocycles. The number of para-hydroxylation sites is 4. The SMILES string of the molecule is Brc1ccccc1.Nc1cccc(N(c2ccccc2)c2ccccc2)c1.c1ccc(Cc2cccc(N(c3ccccc3)c3ccccc3)c2)cc1. The van der Waals surface area contributed by atoms with Crippen molar-refractivity contribution in [3.05, 3.63) is 246 Å². The Hall–Kier alpha value is -6.36. The quantitative estimate of drug-likeness (QED) is 0.157. The molecule has 2 N–H and O–H groups in total. The van der Waals surface area contributed by atoms with E-state index in [1.807, 2.05) is 84.9 Å². The lowest BCUT2D eigenvalue weighted by atomic mass is 10.0. The highest BCUT2D eigenvalue weighted by Gasteiger charge is 2.13. The predicted octanol–water partition coefficient (Wildman–Crippen LogP) is 13.9. The van der Waals surface area contributed by atoms with Gasteiger partial charge in [-0.25, -0.2) is 0 Å². The Kier molecular flexibility index (Phi) is 13.3. The van der Waals surface area contributed by atoms with Gasteiger partial charge < -0.3 is 15.5 Å². The summed E-state index contributed by atoms with van der Waals surface area (Å²) in [5.74, 6) is 0. The zero-order valence-electron chi connectivity index (χ0n) is 29.5. The van der Waals surface area contributed by atoms with Gasteiger partial charge >= 0.3 is 0 Å². The van der Waals surface area contributed by atoms with Crippen molar-refractivity contribution in [1.29, 1.82) is 0 Å². The summed E-state index contributed by atoms with van der Waals surface area (Å²) in [4.78, 5) is 4.49. The average Bonchev–Trinajstić information content (AvgIpc) is 3.21. The van der Waals surface area contributed by atoms with E-state index in [1.165, 1.54) is 16.8 Å². The Labute approximate surface area is 322 Å². The highest BCUT2D eigenvalue weighted by Crippen LogP contribution is 2.36. The molecular formula is C49H42BrN3. The molecule has 0 saturated carbocycles. The highest BCUT2D eigenvalue weighted by molar-refractivity contribution is 9.10. The monoisotopic (exact) mass is 751 g/mol. The van der Waals surface area contributed by atoms with E-state index in [2.05, 4.69) is 171 Å². The molecule has 260 valence electrons. The molecule has 8 aromatic rings. The van der Waals surface area contributed by atoms with Crippen molar-refractivity contribution in [3.63, 3.8) is 0 Å². The maximum absolute atomic E-state index is 5.93. The molecule has 8 rings (SSSR count). The number of anilines is 7. The van der Waals surface area contributed by atoms with E-state index in [9.17, 15) is 0 Å². The third-order valence-corrected chi connectivity index (χ3v) is 8.87. The molecule has 4 heteroatoms. The van der Waals surface area contributed by atoms with Crippen LogP contribution in [0.4, 0.5) is 39.8 Å². The number of hydrogen-bond donors (Lipinski definition) is 1. The van der Waals surface area contributed by atoms with Gasteiger partial charge in [-0.05, 0) is 109 Å². The van der Waals surface area contributed by atoms with Crippen molar-refractivity contribution in [1.82, 2.24) is 0 Å². The molecule has 0 unspecified atom stereocenters. The highest BCUT2D eigenvalue weighted by atomic mass is 79.9. The minimum Gasteiger partial charge on any atom is -0.399 e. The van der Waals surface area contributed by atoms with Crippen LogP contribution in [0.3, 0.4) is 0 Å². The lowest BCUT2D eigenvalue weighted by molar-refractivity contribution is 1.18. The molecule has 0 aromatic heterocycles. The van der Waals surface area contributed by atoms with E-state index >= 15 is 0 Å². The second kappa shape index (κ2) is 19.3. The molecular weight excluding hydrogens is 710 g/mol. The van der Waals surface area contributed by atoms with E-state index in [0.717, 1.165) is 45.0 Å². The summed E-state index contributed by atoms with van der Waals surface area (Å²) in [5, 5.41) is 0. The van der Waals surface area contributed by atoms with Gasteiger partial charge in [-0.1, -0.05) is 155 Å². The predicted molar refractivity (Wildman–Crippen MR) is 230 cm³/mol. The summed E-state index contributed by atoms with van der Waals surface area (Å²) in [6.07, 6.45) is 0.937. The van der Waals surface area contributed by atoms with E-state index < -0.39 is 0 Å². The van der Waals surface area contributed by atoms with Gasteiger partial charge in [0.2, 0.25) is 0 Å². The molecule has 3 nitrogen and oxygen atoms in total. The first-order valence-electron chi connectivity index (χ1n) is 17.6. The molecule has 0 atom stereocenters. The van der Waals surface area contributed by atoms with Crippen LogP contribution in [-0.4, -0.2) is 0 Å². The van der Waals surface area contributed by atoms with Crippen LogP contribution >= 0.6 is 15.9 Å². The summed E-state index contributed by atoms with van der Waals surface area (Å²) < 4.78 is 1.13. The van der Waals surface area contributed by atoms with Crippen LogP contribution in [0.1, 0.15) is 11.1 Å². The largest absolute Gasteiger partial charge is 0.399 e. The second-order valence-electron chi connectivity index (χ2n) is 12.2. The number of halogens is 1. The first kappa shape index (κ1) is 36.4. The number of benzene rings is 8. The first-order valence-corrected chi connectivity index (χ1v) is 18.4. The van der Waals surface area contributed by atoms with E-state index in [4.69, 9.17) is 5.73 Å². The van der Waals surface area contributed by atoms with E-state index in [-0.39, 0.29) is 0 Å². The van der Waals surface area contributed by atoms with Crippen LogP contribution in [0.2, 0.25) is 0 Å². The Morgan fingerprint density at radius 3 is 1.02 bits per heavy atom. The minimum atomic E-state index is 0.763. The van der Waals surface area contributed by atoms with Gasteiger partial charge in [-0.15, -0.1) is 0 Å². The average molecular weight is 753 g/mol. The fourth-order valence-electron chi connectivity index (χ4n) is 5.92. The van der Waals surface area contributed by atoms with Gasteiger partial charge in [0.1, 0.15) is 0 Å². The van der Waals surface area contributed by atoms with Crippen molar-refractivity contribution in [2.45, 2.75) is 6.42 Å². The summed E-state index contributed by atoms with van der Waals surface area (Å²) >= 11 is 3.31. The van der Waals surface area contributed by atoms with Gasteiger partial charge in [-0.3, -0.25) is 0 Å². The van der Waals surface area contributed by atoms with Gasteiger partial charge in [0.05, 0.1) is 0 Å². The van der Waals surface area contributed by atoms with Crippen LogP contribution in [0.15, 0.2) is 235 Å². The van der Waals surface area contributed by atoms with Gasteiger partial charge in [0.15, 0.2) is 0 Å². The van der Waals surface area contributed by atoms with Crippen LogP contribution in [-0.2, 0) is 6.42 Å². The first-order chi connectivity index (χ1) is 26.1. The summed E-state index contributed by atoms with van der Waals surface area (Å²) in [5.41, 5.74) is 16.1. The van der Waals surface area contributed by atoms with Crippen LogP contribution < -0.4 is 15.5 Å². The molecule has 0 aliphatic rings. The molecule has 0 bridgehead atoms. The molecule has 0 aliphatic heterocycles. The maximum Gasteiger partial charge on any atom is 0.0482 e. The summed E-state index contributed by atoms with van der Waals surface area (Å²) in [6.45, 7) is 0. The van der Waals surface area contributed by atoms with Crippen molar-refractivity contribution in [2.75, 3.05) is 15.5 Å². The molecule has 0 radical (unpaired) electrons. The Bertz CT molecular complexity index is 2140. The van der Waals surface area contributed by atoms with E-state index in [0.29, 0.717) is 0 Å². The normalized spacial score (nSPS) is 10.1. The Morgan fingerprint density at radius 2 is 0.642 bits per heavy atom. The van der Waals surface area contributed by atoms with Crippen LogP contribution in [0, 0.1) is 0 Å². The van der Waals surface area contributed by atoms with Gasteiger partial charge in [0, 0.05) is 44.3 Å². The molecule has 0 heterocycles. The van der Waals surface area contributed by atoms with E-state index in [1.54, 1.807) is 0 Å². The summed E-state index contributed by atoms with van der Waals surface area (Å²) in [6, 6.07) is 78.9. The van der Waals surface area contributed by atoms with Crippen LogP contribution in [0.5, 0.6) is 0 Å². The third kappa shape index (κ3) is 10.8. The Balaban J connectivity index is 0.000000157. The van der Waals surface area contributed by atoms with Crippen molar-refractivity contribution in [3.8, 4) is 0 Å². The number of nitrogen functional groups attached to an aromatic ring is 1. The standard InChI is InChI=1S/C25H21N.C18H16N2.C6H5Br/c1-4-11-21(12-5-1)19-22-13-10-18-25(20-22)26(23-14-6-2-7-15-23)24-16-8-3-9-17-24;19-15-8-7-13-18(14-15)20(16-9-3-1-4-10-16)17-11-5-2-6-12-17;7-6-4-2-1-3-5-6/h1-18,20H,19H2;1-14H,19H2;1-5H. The lowest BCUT2D eigenvalue weighted by Gasteiger charge is -2.25. The molecule has 53 heavy (non-hydrogen) atoms. The zero-order chi connectivity index (χ0) is 36.5. The molecule has 0 saturated heterocycles. The number of nitrogens with two attached hydrogens (primary N) is 1. The maximum atomic E-state index is 5.93. The number of nitrogens with zero attached hydrogens (tertiary/aromatic N) is 2. The molecule has 0 aliphatic carbocycles. The van der Waals surface area contributed by atoms with Crippen molar-refractivity contribution >= 4 is 55.7 Å². The topological polar surface area (TPSA) is 32.5 Å². The number of hydrogen-bond acceptors (Lipinski definition) is 3. The second-order valence-corrected chi connectivity index (χ2v) is 13.2. The number of rotatable bonds is 8. The molecule has 0 fully saturated rings. The third-order valence-electron chi connectivity index (χ3n) is 8.34. The Morgan fingerprint density at radius 1 is 0.321 bits per heavy atom. The van der Waals surface area contributed by atoms with Gasteiger partial charge in [-0.2, -0.15) is 0 Å².